The van der Waals surface area contributed by atoms with E-state index in [-0.39, 0.29) is 39.8 Å². The number of nitrogens with zero attached hydrogens (tertiary/aromatic N) is 1. The Kier molecular flexibility index (Phi) is 7.84. The molecular formula is C31H28ClF2N3O4. The molecule has 5 rings (SSSR count). The van der Waals surface area contributed by atoms with Gasteiger partial charge in [-0.25, -0.2) is 13.8 Å². The fourth-order valence-corrected chi connectivity index (χ4v) is 5.59. The Bertz CT molecular complexity index is 1620. The molecule has 0 aliphatic carbocycles. The topological polar surface area (TPSA) is 95.7 Å². The first kappa shape index (κ1) is 28.3. The third-order valence-electron chi connectivity index (χ3n) is 7.31. The zero-order valence-corrected chi connectivity index (χ0v) is 23.4. The normalized spacial score (nSPS) is 17.6. The third kappa shape index (κ3) is 4.96. The van der Waals surface area contributed by atoms with Crippen molar-refractivity contribution in [2.24, 2.45) is 5.73 Å². The van der Waals surface area contributed by atoms with Crippen LogP contribution in [-0.4, -0.2) is 31.6 Å². The Labute approximate surface area is 241 Å². The van der Waals surface area contributed by atoms with Crippen molar-refractivity contribution in [1.29, 1.82) is 0 Å². The molecular weight excluding hydrogens is 552 g/mol. The molecule has 2 heterocycles. The maximum Gasteiger partial charge on any atom is 0.249 e. The summed E-state index contributed by atoms with van der Waals surface area (Å²) in [6.07, 6.45) is 0. The van der Waals surface area contributed by atoms with E-state index in [0.29, 0.717) is 23.7 Å². The smallest absolute Gasteiger partial charge is 0.249 e. The summed E-state index contributed by atoms with van der Waals surface area (Å²) in [5.41, 5.74) is 5.85. The molecule has 0 fully saturated rings. The number of aromatic nitrogens is 1. The third-order valence-corrected chi connectivity index (χ3v) is 7.68. The Balaban J connectivity index is 1.65. The molecule has 2 atom stereocenters. The van der Waals surface area contributed by atoms with Crippen molar-refractivity contribution in [3.63, 3.8) is 0 Å². The predicted octanol–water partition coefficient (Wildman–Crippen LogP) is 5.98. The maximum atomic E-state index is 15.8. The molecule has 10 heteroatoms. The molecule has 0 saturated carbocycles. The van der Waals surface area contributed by atoms with Crippen molar-refractivity contribution in [1.82, 2.24) is 10.3 Å². The molecule has 1 amide bonds. The number of amides is 1. The first-order chi connectivity index (χ1) is 19.7. The second-order valence-corrected chi connectivity index (χ2v) is 10.1. The quantitative estimate of drug-likeness (QED) is 0.253. The average Bonchev–Trinajstić information content (AvgIpc) is 3.25. The van der Waals surface area contributed by atoms with E-state index in [1.807, 2.05) is 37.3 Å². The molecule has 4 aromatic rings. The predicted molar refractivity (Wildman–Crippen MR) is 152 cm³/mol. The summed E-state index contributed by atoms with van der Waals surface area (Å²) < 4.78 is 48.8. The first-order valence-corrected chi connectivity index (χ1v) is 13.3. The minimum Gasteiger partial charge on any atom is -0.494 e. The van der Waals surface area contributed by atoms with Crippen LogP contribution in [0.15, 0.2) is 66.7 Å². The van der Waals surface area contributed by atoms with Crippen molar-refractivity contribution in [2.75, 3.05) is 20.7 Å². The highest BCUT2D eigenvalue weighted by Gasteiger charge is 2.51. The molecule has 212 valence electrons. The van der Waals surface area contributed by atoms with Gasteiger partial charge in [-0.2, -0.15) is 0 Å². The lowest BCUT2D eigenvalue weighted by atomic mass is 9.79. The lowest BCUT2D eigenvalue weighted by molar-refractivity contribution is 0.0663. The molecule has 7 nitrogen and oxygen atoms in total. The molecule has 3 N–H and O–H groups in total. The average molecular weight is 580 g/mol. The van der Waals surface area contributed by atoms with Crippen LogP contribution in [0.3, 0.4) is 0 Å². The fourth-order valence-electron chi connectivity index (χ4n) is 5.34. The van der Waals surface area contributed by atoms with Crippen molar-refractivity contribution >= 4 is 17.5 Å². The van der Waals surface area contributed by atoms with Gasteiger partial charge in [0.2, 0.25) is 11.8 Å². The van der Waals surface area contributed by atoms with Crippen LogP contribution < -0.4 is 25.3 Å². The molecule has 0 spiro atoms. The van der Waals surface area contributed by atoms with Crippen molar-refractivity contribution in [3.8, 4) is 28.5 Å². The Morgan fingerprint density at radius 1 is 1.12 bits per heavy atom. The number of nitrogens with one attached hydrogen (secondary N) is 1. The number of nitrogens with two attached hydrogens (primary N) is 1. The van der Waals surface area contributed by atoms with Crippen LogP contribution in [0.5, 0.6) is 17.4 Å². The fraction of sp³-hybridized carbons (Fsp3) is 0.226. The number of ether oxygens (including phenoxy) is 3. The zero-order valence-electron chi connectivity index (χ0n) is 22.6. The summed E-state index contributed by atoms with van der Waals surface area (Å²) in [7, 11) is 3.03. The van der Waals surface area contributed by atoms with Gasteiger partial charge in [-0.1, -0.05) is 54.9 Å². The second kappa shape index (κ2) is 11.3. The number of benzene rings is 3. The van der Waals surface area contributed by atoms with Crippen LogP contribution in [0, 0.1) is 11.6 Å². The largest absolute Gasteiger partial charge is 0.494 e. The number of carbonyl (C=O) groups is 1. The number of methoxy groups -OCH3 is 1. The summed E-state index contributed by atoms with van der Waals surface area (Å²) in [4.78, 5) is 17.1. The van der Waals surface area contributed by atoms with E-state index < -0.39 is 29.1 Å². The van der Waals surface area contributed by atoms with Gasteiger partial charge in [0.25, 0.3) is 0 Å². The molecule has 0 bridgehead atoms. The van der Waals surface area contributed by atoms with E-state index in [1.54, 1.807) is 25.2 Å². The Morgan fingerprint density at radius 3 is 2.56 bits per heavy atom. The minimum atomic E-state index is -1.17. The lowest BCUT2D eigenvalue weighted by Gasteiger charge is -2.33. The van der Waals surface area contributed by atoms with Gasteiger partial charge in [0.1, 0.15) is 18.2 Å². The number of carbonyl (C=O) groups excluding carboxylic acids is 1. The van der Waals surface area contributed by atoms with Crippen molar-refractivity contribution in [3.05, 3.63) is 106 Å². The molecule has 1 aliphatic rings. The van der Waals surface area contributed by atoms with Crippen LogP contribution in [0.25, 0.3) is 11.1 Å². The summed E-state index contributed by atoms with van der Waals surface area (Å²) in [6.45, 7) is 2.41. The number of fused-ring (bicyclic) bond motifs is 1. The molecule has 1 aromatic heterocycles. The molecule has 0 radical (unpaired) electrons. The number of hydrogen-bond donors (Lipinski definition) is 2. The standard InChI is InChI=1S/C31H28ClF2N3O4/c1-17-25-22(14-20(33)28(32)27(25)26-19(30(35)38)12-13-21(39-3)29(26)34)41-31(17,16-36-2)23-10-7-11-24(37-23)40-15-18-8-5-4-6-9-18/h4-14,17,36H,15-16H2,1-3H3,(H2,35,38). The highest BCUT2D eigenvalue weighted by molar-refractivity contribution is 6.34. The number of rotatable bonds is 9. The van der Waals surface area contributed by atoms with E-state index in [1.165, 1.54) is 19.2 Å². The second-order valence-electron chi connectivity index (χ2n) is 9.71. The SMILES string of the molecule is CNCC1(c2cccc(OCc3ccccc3)n2)Oc2cc(F)c(Cl)c(-c3c(C(N)=O)ccc(OC)c3F)c2C1C. The number of hydrogen-bond acceptors (Lipinski definition) is 6. The van der Waals surface area contributed by atoms with E-state index in [2.05, 4.69) is 5.32 Å². The summed E-state index contributed by atoms with van der Waals surface area (Å²) in [5, 5.41) is 2.77. The van der Waals surface area contributed by atoms with Gasteiger partial charge >= 0.3 is 0 Å². The number of pyridine rings is 1. The monoisotopic (exact) mass is 579 g/mol. The first-order valence-electron chi connectivity index (χ1n) is 12.9. The molecule has 2 unspecified atom stereocenters. The summed E-state index contributed by atoms with van der Waals surface area (Å²) >= 11 is 6.52. The van der Waals surface area contributed by atoms with Gasteiger partial charge in [-0.05, 0) is 30.8 Å². The maximum absolute atomic E-state index is 15.8. The van der Waals surface area contributed by atoms with E-state index >= 15 is 8.78 Å². The highest BCUT2D eigenvalue weighted by Crippen LogP contribution is 2.56. The highest BCUT2D eigenvalue weighted by atomic mass is 35.5. The molecule has 3 aromatic carbocycles. The Morgan fingerprint density at radius 2 is 1.88 bits per heavy atom. The number of halogens is 3. The Hall–Kier alpha value is -4.21. The van der Waals surface area contributed by atoms with E-state index in [0.717, 1.165) is 11.6 Å². The van der Waals surface area contributed by atoms with Gasteiger partial charge in [0, 0.05) is 41.3 Å². The van der Waals surface area contributed by atoms with Crippen LogP contribution in [0.4, 0.5) is 8.78 Å². The zero-order chi connectivity index (χ0) is 29.3. The van der Waals surface area contributed by atoms with Crippen molar-refractivity contribution in [2.45, 2.75) is 25.0 Å². The van der Waals surface area contributed by atoms with E-state index in [9.17, 15) is 4.79 Å². The molecule has 1 aliphatic heterocycles. The van der Waals surface area contributed by atoms with Gasteiger partial charge in [0.05, 0.1) is 23.4 Å². The minimum absolute atomic E-state index is 0.0335. The van der Waals surface area contributed by atoms with Crippen LogP contribution in [0.2, 0.25) is 5.02 Å². The summed E-state index contributed by atoms with van der Waals surface area (Å²) in [6, 6.07) is 18.7. The van der Waals surface area contributed by atoms with Crippen LogP contribution in [0.1, 0.15) is 40.0 Å². The van der Waals surface area contributed by atoms with Crippen LogP contribution >= 0.6 is 11.6 Å². The van der Waals surface area contributed by atoms with Crippen LogP contribution in [-0.2, 0) is 12.2 Å². The van der Waals surface area contributed by atoms with Gasteiger partial charge in [-0.15, -0.1) is 0 Å². The van der Waals surface area contributed by atoms with Gasteiger partial charge < -0.3 is 25.3 Å². The number of primary amides is 1. The van der Waals surface area contributed by atoms with E-state index in [4.69, 9.17) is 36.5 Å². The summed E-state index contributed by atoms with van der Waals surface area (Å²) in [5.74, 6) is -2.86. The van der Waals surface area contributed by atoms with Gasteiger partial charge in [0.15, 0.2) is 17.2 Å². The molecule has 41 heavy (non-hydrogen) atoms. The molecule has 0 saturated heterocycles. The number of likely N-dealkylation sites (N-methyl/N-ethyl adjacent to an activating group) is 1. The lowest BCUT2D eigenvalue weighted by Crippen LogP contribution is -2.43. The van der Waals surface area contributed by atoms with Crippen molar-refractivity contribution < 1.29 is 27.8 Å². The van der Waals surface area contributed by atoms with Gasteiger partial charge in [-0.3, -0.25) is 4.79 Å².